The van der Waals surface area contributed by atoms with Gasteiger partial charge in [-0.1, -0.05) is 20.3 Å². The van der Waals surface area contributed by atoms with Crippen LogP contribution in [0.4, 0.5) is 0 Å². The molecular formula is C14H21NO5. The lowest BCUT2D eigenvalue weighted by atomic mass is 10.3. The molecule has 0 aromatic carbocycles. The molecule has 1 N–H and O–H groups in total. The summed E-state index contributed by atoms with van der Waals surface area (Å²) in [5.41, 5.74) is -0.598. The van der Waals surface area contributed by atoms with Crippen LogP contribution in [-0.4, -0.2) is 30.1 Å². The molecule has 112 valence electrons. The summed E-state index contributed by atoms with van der Waals surface area (Å²) >= 11 is 0. The average Bonchev–Trinajstić information content (AvgIpc) is 2.39. The number of carbonyl (C=O) groups is 2. The molecule has 20 heavy (non-hydrogen) atoms. The lowest BCUT2D eigenvalue weighted by molar-refractivity contribution is 0.0511. The normalized spacial score (nSPS) is 9.20. The van der Waals surface area contributed by atoms with E-state index in [-0.39, 0.29) is 24.6 Å². The Labute approximate surface area is 118 Å². The van der Waals surface area contributed by atoms with Gasteiger partial charge in [0.25, 0.3) is 0 Å². The van der Waals surface area contributed by atoms with Crippen molar-refractivity contribution in [3.63, 3.8) is 0 Å². The van der Waals surface area contributed by atoms with Gasteiger partial charge in [-0.3, -0.25) is 4.79 Å². The van der Waals surface area contributed by atoms with Crippen LogP contribution in [0.2, 0.25) is 0 Å². The van der Waals surface area contributed by atoms with Crippen molar-refractivity contribution >= 4 is 11.9 Å². The third-order valence-electron chi connectivity index (χ3n) is 1.83. The summed E-state index contributed by atoms with van der Waals surface area (Å²) in [7, 11) is 0. The maximum absolute atomic E-state index is 11.4. The first kappa shape index (κ1) is 17.9. The quantitative estimate of drug-likeness (QED) is 0.856. The van der Waals surface area contributed by atoms with Crippen LogP contribution >= 0.6 is 0 Å². The molecule has 6 heteroatoms. The highest BCUT2D eigenvalue weighted by atomic mass is 16.5. The van der Waals surface area contributed by atoms with Gasteiger partial charge in [0, 0.05) is 12.1 Å². The van der Waals surface area contributed by atoms with E-state index in [1.807, 2.05) is 0 Å². The highest BCUT2D eigenvalue weighted by Crippen LogP contribution is 2.00. The molecule has 1 heterocycles. The largest absolute Gasteiger partial charge is 0.461 e. The molecule has 1 aromatic heterocycles. The van der Waals surface area contributed by atoms with Crippen molar-refractivity contribution in [2.75, 3.05) is 13.2 Å². The maximum atomic E-state index is 11.4. The number of aromatic amines is 1. The SMILES string of the molecule is CCC.CCOC(=O)c1cc(=O)cc(C(=O)OCC)[nH]1. The third-order valence-corrected chi connectivity index (χ3v) is 1.83. The van der Waals surface area contributed by atoms with Gasteiger partial charge in [0.2, 0.25) is 0 Å². The van der Waals surface area contributed by atoms with E-state index in [0.29, 0.717) is 0 Å². The molecule has 0 radical (unpaired) electrons. The number of ether oxygens (including phenoxy) is 2. The third kappa shape index (κ3) is 6.17. The van der Waals surface area contributed by atoms with E-state index >= 15 is 0 Å². The van der Waals surface area contributed by atoms with E-state index in [1.165, 1.54) is 6.42 Å². The van der Waals surface area contributed by atoms with E-state index in [1.54, 1.807) is 13.8 Å². The Morgan fingerprint density at radius 3 is 1.60 bits per heavy atom. The first-order chi connectivity index (χ1) is 9.49. The highest BCUT2D eigenvalue weighted by Gasteiger charge is 2.13. The molecule has 0 unspecified atom stereocenters. The lowest BCUT2D eigenvalue weighted by Crippen LogP contribution is -2.17. The Morgan fingerprint density at radius 1 is 0.950 bits per heavy atom. The topological polar surface area (TPSA) is 85.5 Å². The van der Waals surface area contributed by atoms with Crippen molar-refractivity contribution < 1.29 is 19.1 Å². The summed E-state index contributed by atoms with van der Waals surface area (Å²) in [4.78, 5) is 36.6. The predicted octanol–water partition coefficient (Wildman–Crippen LogP) is 2.14. The van der Waals surface area contributed by atoms with Gasteiger partial charge in [-0.2, -0.15) is 0 Å². The molecule has 1 rings (SSSR count). The minimum Gasteiger partial charge on any atom is -0.461 e. The van der Waals surface area contributed by atoms with Crippen LogP contribution < -0.4 is 5.43 Å². The molecule has 1 aromatic rings. The maximum Gasteiger partial charge on any atom is 0.354 e. The monoisotopic (exact) mass is 283 g/mol. The van der Waals surface area contributed by atoms with Gasteiger partial charge in [-0.05, 0) is 13.8 Å². The Balaban J connectivity index is 0.00000110. The summed E-state index contributed by atoms with van der Waals surface area (Å²) in [6.07, 6.45) is 1.25. The van der Waals surface area contributed by atoms with Gasteiger partial charge in [0.05, 0.1) is 13.2 Å². The molecule has 0 atom stereocenters. The van der Waals surface area contributed by atoms with Crippen LogP contribution in [0.3, 0.4) is 0 Å². The predicted molar refractivity (Wildman–Crippen MR) is 74.9 cm³/mol. The number of esters is 2. The van der Waals surface area contributed by atoms with E-state index in [4.69, 9.17) is 9.47 Å². The number of carbonyl (C=O) groups excluding carboxylic acids is 2. The number of rotatable bonds is 4. The van der Waals surface area contributed by atoms with E-state index in [0.717, 1.165) is 12.1 Å². The first-order valence-corrected chi connectivity index (χ1v) is 6.58. The zero-order valence-electron chi connectivity index (χ0n) is 12.3. The number of hydrogen-bond acceptors (Lipinski definition) is 5. The minimum atomic E-state index is -0.684. The second-order valence-electron chi connectivity index (χ2n) is 3.79. The first-order valence-electron chi connectivity index (χ1n) is 6.58. The molecular weight excluding hydrogens is 262 g/mol. The van der Waals surface area contributed by atoms with Gasteiger partial charge < -0.3 is 14.5 Å². The van der Waals surface area contributed by atoms with Crippen molar-refractivity contribution in [3.8, 4) is 0 Å². The number of H-pyrrole nitrogens is 1. The van der Waals surface area contributed by atoms with Gasteiger partial charge in [-0.15, -0.1) is 0 Å². The molecule has 0 spiro atoms. The van der Waals surface area contributed by atoms with Gasteiger partial charge in [-0.25, -0.2) is 9.59 Å². The standard InChI is InChI=1S/C11H13NO5.C3H8/c1-3-16-10(14)8-5-7(13)6-9(12-8)11(15)17-4-2;1-3-2/h5-6H,3-4H2,1-2H3,(H,12,13);3H2,1-2H3. The Kier molecular flexibility index (Phi) is 8.74. The van der Waals surface area contributed by atoms with E-state index < -0.39 is 17.4 Å². The fraction of sp³-hybridized carbons (Fsp3) is 0.500. The van der Waals surface area contributed by atoms with Crippen LogP contribution in [0.5, 0.6) is 0 Å². The number of aromatic nitrogens is 1. The molecule has 0 amide bonds. The minimum absolute atomic E-state index is 0.0672. The second-order valence-corrected chi connectivity index (χ2v) is 3.79. The molecule has 6 nitrogen and oxygen atoms in total. The average molecular weight is 283 g/mol. The second kappa shape index (κ2) is 9.77. The van der Waals surface area contributed by atoms with Crippen molar-refractivity contribution in [2.45, 2.75) is 34.1 Å². The number of hydrogen-bond donors (Lipinski definition) is 1. The smallest absolute Gasteiger partial charge is 0.354 e. The fourth-order valence-electron chi connectivity index (χ4n) is 1.18. The van der Waals surface area contributed by atoms with Crippen LogP contribution in [0.25, 0.3) is 0 Å². The van der Waals surface area contributed by atoms with Gasteiger partial charge >= 0.3 is 11.9 Å². The molecule has 0 aliphatic heterocycles. The van der Waals surface area contributed by atoms with Gasteiger partial charge in [0.1, 0.15) is 11.4 Å². The van der Waals surface area contributed by atoms with Crippen LogP contribution in [0.15, 0.2) is 16.9 Å². The molecule has 0 bridgehead atoms. The zero-order chi connectivity index (χ0) is 15.5. The lowest BCUT2D eigenvalue weighted by Gasteiger charge is -2.05. The summed E-state index contributed by atoms with van der Waals surface area (Å²) in [6.45, 7) is 7.91. The molecule has 0 saturated carbocycles. The van der Waals surface area contributed by atoms with Crippen molar-refractivity contribution in [3.05, 3.63) is 33.7 Å². The molecule has 0 aliphatic carbocycles. The summed E-state index contributed by atoms with van der Waals surface area (Å²) in [5, 5.41) is 0. The molecule has 0 aliphatic rings. The Hall–Kier alpha value is -2.11. The Morgan fingerprint density at radius 2 is 1.30 bits per heavy atom. The zero-order valence-corrected chi connectivity index (χ0v) is 12.3. The Bertz CT molecular complexity index is 453. The van der Waals surface area contributed by atoms with E-state index in [9.17, 15) is 14.4 Å². The summed E-state index contributed by atoms with van der Waals surface area (Å²) < 4.78 is 9.43. The molecule has 0 fully saturated rings. The van der Waals surface area contributed by atoms with E-state index in [2.05, 4.69) is 18.8 Å². The fourth-order valence-corrected chi connectivity index (χ4v) is 1.18. The van der Waals surface area contributed by atoms with Crippen molar-refractivity contribution in [1.82, 2.24) is 4.98 Å². The van der Waals surface area contributed by atoms with Crippen molar-refractivity contribution in [1.29, 1.82) is 0 Å². The summed E-state index contributed by atoms with van der Waals surface area (Å²) in [5.74, 6) is -1.37. The van der Waals surface area contributed by atoms with Crippen molar-refractivity contribution in [2.24, 2.45) is 0 Å². The number of nitrogens with one attached hydrogen (secondary N) is 1. The van der Waals surface area contributed by atoms with Gasteiger partial charge in [0.15, 0.2) is 5.43 Å². The van der Waals surface area contributed by atoms with Crippen LogP contribution in [-0.2, 0) is 9.47 Å². The molecule has 0 saturated heterocycles. The van der Waals surface area contributed by atoms with Crippen LogP contribution in [0.1, 0.15) is 55.1 Å². The number of pyridine rings is 1. The van der Waals surface area contributed by atoms with Crippen LogP contribution in [0, 0.1) is 0 Å². The highest BCUT2D eigenvalue weighted by molar-refractivity contribution is 5.91. The summed E-state index contributed by atoms with van der Waals surface area (Å²) in [6, 6.07) is 2.14.